The summed E-state index contributed by atoms with van der Waals surface area (Å²) in [4.78, 5) is 0. The van der Waals surface area contributed by atoms with Gasteiger partial charge in [0.05, 0.1) is 11.7 Å². The first-order valence-corrected chi connectivity index (χ1v) is 12.8. The van der Waals surface area contributed by atoms with Crippen LogP contribution < -0.4 is 0 Å². The number of aliphatic hydroxyl groups is 2. The van der Waals surface area contributed by atoms with Gasteiger partial charge in [0.1, 0.15) is 17.3 Å². The van der Waals surface area contributed by atoms with E-state index in [4.69, 9.17) is 9.16 Å². The summed E-state index contributed by atoms with van der Waals surface area (Å²) in [5, 5.41) is 22.5. The number of fused-ring (bicyclic) bond motifs is 3. The van der Waals surface area contributed by atoms with Gasteiger partial charge in [0, 0.05) is 5.41 Å². The van der Waals surface area contributed by atoms with Crippen molar-refractivity contribution in [2.24, 2.45) is 5.41 Å². The number of hydrogen-bond donors (Lipinski definition) is 2. The van der Waals surface area contributed by atoms with E-state index in [1.165, 1.54) is 0 Å². The molecule has 146 valence electrons. The number of epoxide rings is 1. The van der Waals surface area contributed by atoms with Gasteiger partial charge >= 0.3 is 0 Å². The molecule has 3 fully saturated rings. The van der Waals surface area contributed by atoms with Gasteiger partial charge in [-0.1, -0.05) is 27.7 Å². The third kappa shape index (κ3) is 2.60. The van der Waals surface area contributed by atoms with Crippen molar-refractivity contribution >= 4 is 8.32 Å². The molecule has 0 aromatic heterocycles. The lowest BCUT2D eigenvalue weighted by Gasteiger charge is -2.58. The first-order valence-electron chi connectivity index (χ1n) is 9.91. The van der Waals surface area contributed by atoms with Gasteiger partial charge in [0.15, 0.2) is 8.32 Å². The Morgan fingerprint density at radius 3 is 2.20 bits per heavy atom. The molecule has 5 heteroatoms. The molecule has 0 spiro atoms. The molecule has 0 aromatic rings. The zero-order chi connectivity index (χ0) is 19.1. The highest BCUT2D eigenvalue weighted by molar-refractivity contribution is 6.74. The van der Waals surface area contributed by atoms with Crippen LogP contribution in [0.15, 0.2) is 0 Å². The lowest BCUT2D eigenvalue weighted by molar-refractivity contribution is -0.186. The van der Waals surface area contributed by atoms with E-state index in [9.17, 15) is 10.2 Å². The summed E-state index contributed by atoms with van der Waals surface area (Å²) in [6.07, 6.45) is 4.12. The average Bonchev–Trinajstić information content (AvgIpc) is 3.17. The Balaban J connectivity index is 1.90. The molecule has 5 atom stereocenters. The molecular weight excluding hydrogens is 332 g/mol. The zero-order valence-corrected chi connectivity index (χ0v) is 18.4. The molecule has 1 saturated heterocycles. The van der Waals surface area contributed by atoms with Gasteiger partial charge in [-0.2, -0.15) is 0 Å². The van der Waals surface area contributed by atoms with E-state index in [-0.39, 0.29) is 22.7 Å². The fourth-order valence-electron chi connectivity index (χ4n) is 5.04. The third-order valence-corrected chi connectivity index (χ3v) is 12.6. The Labute approximate surface area is 154 Å². The van der Waals surface area contributed by atoms with E-state index >= 15 is 0 Å². The SMILES string of the molecule is CC(C)(O)[C@@]12CC[C@@]3(C)[C@H](O[Si](C)(C)C(C)(C)C)CCC[C@@]3(O)[C@@H]1O2. The molecule has 25 heavy (non-hydrogen) atoms. The summed E-state index contributed by atoms with van der Waals surface area (Å²) in [6.45, 7) is 17.2. The first-order chi connectivity index (χ1) is 11.1. The van der Waals surface area contributed by atoms with Crippen LogP contribution in [-0.2, 0) is 9.16 Å². The van der Waals surface area contributed by atoms with Crippen LogP contribution in [0.25, 0.3) is 0 Å². The summed E-state index contributed by atoms with van der Waals surface area (Å²) < 4.78 is 12.9. The lowest BCUT2D eigenvalue weighted by Crippen LogP contribution is -2.67. The van der Waals surface area contributed by atoms with Crippen molar-refractivity contribution in [3.05, 3.63) is 0 Å². The molecular formula is C20H38O4Si. The molecule has 2 N–H and O–H groups in total. The van der Waals surface area contributed by atoms with Gasteiger partial charge in [0.25, 0.3) is 0 Å². The van der Waals surface area contributed by atoms with Crippen molar-refractivity contribution < 1.29 is 19.4 Å². The van der Waals surface area contributed by atoms with Crippen molar-refractivity contribution in [2.45, 2.75) is 121 Å². The minimum Gasteiger partial charge on any atom is -0.413 e. The van der Waals surface area contributed by atoms with Crippen molar-refractivity contribution in [3.8, 4) is 0 Å². The molecule has 4 nitrogen and oxygen atoms in total. The smallest absolute Gasteiger partial charge is 0.192 e. The number of ether oxygens (including phenoxy) is 1. The molecule has 3 rings (SSSR count). The van der Waals surface area contributed by atoms with E-state index in [0.29, 0.717) is 0 Å². The molecule has 3 aliphatic rings. The summed E-state index contributed by atoms with van der Waals surface area (Å²) in [5.41, 5.74) is -2.73. The Morgan fingerprint density at radius 2 is 1.68 bits per heavy atom. The second-order valence-electron chi connectivity index (χ2n) is 11.0. The summed E-state index contributed by atoms with van der Waals surface area (Å²) in [6, 6.07) is 0. The predicted molar refractivity (Wildman–Crippen MR) is 102 cm³/mol. The second-order valence-corrected chi connectivity index (χ2v) is 15.8. The molecule has 2 saturated carbocycles. The van der Waals surface area contributed by atoms with Crippen LogP contribution in [-0.4, -0.2) is 47.5 Å². The standard InChI is InChI=1S/C20H38O4Si/c1-16(2,3)25(7,8)24-14-10-9-11-19(22)15-20(23-15,17(4,5)21)13-12-18(14,19)6/h14-15,21-22H,9-13H2,1-8H3/t14-,15+,18+,19-,20-/m1/s1. The maximum Gasteiger partial charge on any atom is 0.192 e. The van der Waals surface area contributed by atoms with Crippen molar-refractivity contribution in [3.63, 3.8) is 0 Å². The van der Waals surface area contributed by atoms with Crippen LogP contribution in [0.5, 0.6) is 0 Å². The topological polar surface area (TPSA) is 62.2 Å². The van der Waals surface area contributed by atoms with E-state index in [0.717, 1.165) is 32.1 Å². The Morgan fingerprint density at radius 1 is 1.08 bits per heavy atom. The van der Waals surface area contributed by atoms with E-state index < -0.39 is 25.1 Å². The van der Waals surface area contributed by atoms with Gasteiger partial charge < -0.3 is 19.4 Å². The highest BCUT2D eigenvalue weighted by Gasteiger charge is 2.79. The van der Waals surface area contributed by atoms with Crippen molar-refractivity contribution in [2.75, 3.05) is 0 Å². The minimum absolute atomic E-state index is 0.0659. The van der Waals surface area contributed by atoms with Gasteiger partial charge in [-0.25, -0.2) is 0 Å². The van der Waals surface area contributed by atoms with Crippen LogP contribution in [0.3, 0.4) is 0 Å². The number of rotatable bonds is 3. The maximum atomic E-state index is 11.8. The monoisotopic (exact) mass is 370 g/mol. The largest absolute Gasteiger partial charge is 0.413 e. The van der Waals surface area contributed by atoms with E-state index in [1.807, 2.05) is 13.8 Å². The van der Waals surface area contributed by atoms with Crippen molar-refractivity contribution in [1.29, 1.82) is 0 Å². The quantitative estimate of drug-likeness (QED) is 0.582. The number of hydrogen-bond acceptors (Lipinski definition) is 4. The highest BCUT2D eigenvalue weighted by Crippen LogP contribution is 2.67. The Hall–Kier alpha value is 0.0569. The zero-order valence-electron chi connectivity index (χ0n) is 17.4. The summed E-state index contributed by atoms with van der Waals surface area (Å²) in [5.74, 6) is 0. The average molecular weight is 371 g/mol. The van der Waals surface area contributed by atoms with E-state index in [2.05, 4.69) is 40.8 Å². The summed E-state index contributed by atoms with van der Waals surface area (Å²) >= 11 is 0. The molecule has 0 radical (unpaired) electrons. The first kappa shape index (κ1) is 19.8. The molecule has 2 aliphatic carbocycles. The minimum atomic E-state index is -1.91. The summed E-state index contributed by atoms with van der Waals surface area (Å²) in [7, 11) is -1.91. The van der Waals surface area contributed by atoms with Crippen LogP contribution in [0.4, 0.5) is 0 Å². The molecule has 1 aliphatic heterocycles. The fourth-order valence-corrected chi connectivity index (χ4v) is 6.48. The van der Waals surface area contributed by atoms with Crippen molar-refractivity contribution in [1.82, 2.24) is 0 Å². The van der Waals surface area contributed by atoms with Crippen LogP contribution in [0, 0.1) is 5.41 Å². The molecule has 1 heterocycles. The van der Waals surface area contributed by atoms with Gasteiger partial charge in [0.2, 0.25) is 0 Å². The third-order valence-electron chi connectivity index (χ3n) is 8.15. The van der Waals surface area contributed by atoms with Gasteiger partial charge in [-0.3, -0.25) is 0 Å². The Kier molecular flexibility index (Phi) is 4.21. The normalized spacial score (nSPS) is 44.9. The highest BCUT2D eigenvalue weighted by atomic mass is 28.4. The fraction of sp³-hybridized carbons (Fsp3) is 1.00. The second kappa shape index (κ2) is 5.31. The molecule has 0 unspecified atom stereocenters. The van der Waals surface area contributed by atoms with Gasteiger partial charge in [-0.05, 0) is 64.1 Å². The van der Waals surface area contributed by atoms with E-state index in [1.54, 1.807) is 0 Å². The maximum absolute atomic E-state index is 11.8. The lowest BCUT2D eigenvalue weighted by atomic mass is 9.53. The molecule has 0 aromatic carbocycles. The molecule has 0 bridgehead atoms. The molecule has 0 amide bonds. The Bertz CT molecular complexity index is 549. The van der Waals surface area contributed by atoms with Crippen LogP contribution in [0.1, 0.15) is 73.6 Å². The predicted octanol–water partition coefficient (Wildman–Crippen LogP) is 4.00. The van der Waals surface area contributed by atoms with Gasteiger partial charge in [-0.15, -0.1) is 0 Å². The van der Waals surface area contributed by atoms with Crippen LogP contribution in [0.2, 0.25) is 18.1 Å². The van der Waals surface area contributed by atoms with Crippen LogP contribution >= 0.6 is 0 Å².